The van der Waals surface area contributed by atoms with E-state index in [1.807, 2.05) is 20.8 Å². The highest BCUT2D eigenvalue weighted by atomic mass is 16.6. The Morgan fingerprint density at radius 2 is 2.00 bits per heavy atom. The van der Waals surface area contributed by atoms with Crippen LogP contribution in [0.15, 0.2) is 33.5 Å². The normalized spacial score (nSPS) is 15.2. The summed E-state index contributed by atoms with van der Waals surface area (Å²) >= 11 is 0. The van der Waals surface area contributed by atoms with Gasteiger partial charge in [0, 0.05) is 19.1 Å². The zero-order valence-electron chi connectivity index (χ0n) is 17.4. The summed E-state index contributed by atoms with van der Waals surface area (Å²) in [6.07, 6.45) is 2.27. The molecule has 1 aliphatic carbocycles. The molecule has 8 nitrogen and oxygen atoms in total. The molecule has 158 valence electrons. The number of para-hydroxylation sites is 2. The van der Waals surface area contributed by atoms with Crippen molar-refractivity contribution in [3.05, 3.63) is 34.8 Å². The third kappa shape index (κ3) is 5.19. The molecule has 1 aromatic heterocycles. The van der Waals surface area contributed by atoms with Gasteiger partial charge in [-0.25, -0.2) is 9.59 Å². The molecule has 1 N–H and O–H groups in total. The van der Waals surface area contributed by atoms with Gasteiger partial charge in [-0.05, 0) is 59.1 Å². The lowest BCUT2D eigenvalue weighted by Gasteiger charge is -2.27. The Morgan fingerprint density at radius 3 is 2.66 bits per heavy atom. The van der Waals surface area contributed by atoms with Crippen LogP contribution in [-0.4, -0.2) is 46.2 Å². The first kappa shape index (κ1) is 21.0. The molecule has 0 spiro atoms. The molecule has 0 saturated heterocycles. The second-order valence-electron chi connectivity index (χ2n) is 8.43. The van der Waals surface area contributed by atoms with E-state index in [4.69, 9.17) is 9.15 Å². The van der Waals surface area contributed by atoms with Crippen LogP contribution in [0.3, 0.4) is 0 Å². The van der Waals surface area contributed by atoms with E-state index in [1.54, 1.807) is 36.1 Å². The van der Waals surface area contributed by atoms with Crippen molar-refractivity contribution in [2.45, 2.75) is 64.6 Å². The monoisotopic (exact) mass is 403 g/mol. The molecule has 1 aromatic carbocycles. The first-order valence-corrected chi connectivity index (χ1v) is 10.0. The molecular formula is C21H29N3O5. The van der Waals surface area contributed by atoms with Gasteiger partial charge in [0.2, 0.25) is 5.91 Å². The van der Waals surface area contributed by atoms with Crippen LogP contribution < -0.4 is 11.1 Å². The molecule has 1 aliphatic rings. The van der Waals surface area contributed by atoms with Crippen molar-refractivity contribution in [3.8, 4) is 0 Å². The molecule has 1 saturated carbocycles. The first-order chi connectivity index (χ1) is 13.7. The number of amides is 2. The number of nitrogens with zero attached hydrogens (tertiary/aromatic N) is 2. The van der Waals surface area contributed by atoms with Crippen molar-refractivity contribution in [1.29, 1.82) is 0 Å². The van der Waals surface area contributed by atoms with Gasteiger partial charge in [-0.1, -0.05) is 12.1 Å². The number of oxazole rings is 1. The average molecular weight is 403 g/mol. The van der Waals surface area contributed by atoms with Gasteiger partial charge in [0.15, 0.2) is 5.58 Å². The van der Waals surface area contributed by atoms with Crippen molar-refractivity contribution in [1.82, 2.24) is 14.8 Å². The predicted octanol–water partition coefficient (Wildman–Crippen LogP) is 3.06. The molecule has 0 radical (unpaired) electrons. The Labute approximate surface area is 169 Å². The molecule has 1 unspecified atom stereocenters. The number of hydrogen-bond donors (Lipinski definition) is 1. The van der Waals surface area contributed by atoms with Crippen molar-refractivity contribution in [2.24, 2.45) is 0 Å². The topological polar surface area (TPSA) is 93.8 Å². The van der Waals surface area contributed by atoms with Crippen molar-refractivity contribution >= 4 is 23.1 Å². The maximum Gasteiger partial charge on any atom is 0.420 e. The van der Waals surface area contributed by atoms with Gasteiger partial charge in [-0.3, -0.25) is 9.36 Å². The van der Waals surface area contributed by atoms with Gasteiger partial charge in [-0.15, -0.1) is 0 Å². The highest BCUT2D eigenvalue weighted by Crippen LogP contribution is 2.28. The lowest BCUT2D eigenvalue weighted by atomic mass is 10.2. The fourth-order valence-corrected chi connectivity index (χ4v) is 3.21. The SMILES string of the molecule is CC(C(=O)NCCCN(C(=O)OC(C)(C)C)C1CC1)n1c(=O)oc2ccccc21. The first-order valence-electron chi connectivity index (χ1n) is 10.0. The second-order valence-corrected chi connectivity index (χ2v) is 8.43. The zero-order valence-corrected chi connectivity index (χ0v) is 17.4. The van der Waals surface area contributed by atoms with Crippen molar-refractivity contribution < 1.29 is 18.7 Å². The second kappa shape index (κ2) is 8.31. The highest BCUT2D eigenvalue weighted by Gasteiger charge is 2.34. The number of benzene rings is 1. The molecule has 0 aliphatic heterocycles. The standard InChI is InChI=1S/C21H29N3O5/c1-14(24-16-8-5-6-9-17(16)28-20(24)27)18(25)22-12-7-13-23(15-10-11-15)19(26)29-21(2,3)4/h5-6,8-9,14-15H,7,10-13H2,1-4H3,(H,22,25). The average Bonchev–Trinajstić information content (AvgIpc) is 3.40. The number of nitrogens with one attached hydrogen (secondary N) is 1. The molecule has 3 rings (SSSR count). The number of carbonyl (C=O) groups excluding carboxylic acids is 2. The van der Waals surface area contributed by atoms with Crippen LogP contribution in [0.25, 0.3) is 11.1 Å². The van der Waals surface area contributed by atoms with Crippen LogP contribution in [0, 0.1) is 0 Å². The fraction of sp³-hybridized carbons (Fsp3) is 0.571. The minimum absolute atomic E-state index is 0.232. The lowest BCUT2D eigenvalue weighted by Crippen LogP contribution is -2.40. The van der Waals surface area contributed by atoms with Crippen LogP contribution in [-0.2, 0) is 9.53 Å². The van der Waals surface area contributed by atoms with E-state index in [-0.39, 0.29) is 18.0 Å². The Hall–Kier alpha value is -2.77. The van der Waals surface area contributed by atoms with Gasteiger partial charge in [0.25, 0.3) is 0 Å². The van der Waals surface area contributed by atoms with E-state index in [2.05, 4.69) is 5.32 Å². The minimum Gasteiger partial charge on any atom is -0.444 e. The summed E-state index contributed by atoms with van der Waals surface area (Å²) in [5.74, 6) is -0.826. The molecule has 2 aromatic rings. The molecule has 1 heterocycles. The van der Waals surface area contributed by atoms with Crippen LogP contribution in [0.4, 0.5) is 4.79 Å². The van der Waals surface area contributed by atoms with Gasteiger partial charge in [-0.2, -0.15) is 0 Å². The third-order valence-corrected chi connectivity index (χ3v) is 4.78. The summed E-state index contributed by atoms with van der Waals surface area (Å²) in [6, 6.07) is 6.55. The van der Waals surface area contributed by atoms with Crippen LogP contribution in [0.2, 0.25) is 0 Å². The van der Waals surface area contributed by atoms with E-state index in [1.165, 1.54) is 4.57 Å². The molecule has 1 atom stereocenters. The Morgan fingerprint density at radius 1 is 1.31 bits per heavy atom. The zero-order chi connectivity index (χ0) is 21.2. The van der Waals surface area contributed by atoms with E-state index >= 15 is 0 Å². The number of rotatable bonds is 7. The Bertz CT molecular complexity index is 936. The maximum atomic E-state index is 12.5. The lowest BCUT2D eigenvalue weighted by molar-refractivity contribution is -0.123. The Balaban J connectivity index is 1.53. The van der Waals surface area contributed by atoms with Crippen LogP contribution >= 0.6 is 0 Å². The number of ether oxygens (including phenoxy) is 1. The third-order valence-electron chi connectivity index (χ3n) is 4.78. The molecule has 8 heteroatoms. The predicted molar refractivity (Wildman–Crippen MR) is 109 cm³/mol. The van der Waals surface area contributed by atoms with Crippen molar-refractivity contribution in [2.75, 3.05) is 13.1 Å². The highest BCUT2D eigenvalue weighted by molar-refractivity contribution is 5.82. The van der Waals surface area contributed by atoms with Gasteiger partial charge in [0.05, 0.1) is 5.52 Å². The van der Waals surface area contributed by atoms with E-state index in [0.717, 1.165) is 12.8 Å². The number of aromatic nitrogens is 1. The molecule has 0 bridgehead atoms. The molecule has 1 fully saturated rings. The summed E-state index contributed by atoms with van der Waals surface area (Å²) in [4.78, 5) is 38.8. The number of carbonyl (C=O) groups is 2. The van der Waals surface area contributed by atoms with Crippen molar-refractivity contribution in [3.63, 3.8) is 0 Å². The number of fused-ring (bicyclic) bond motifs is 1. The van der Waals surface area contributed by atoms with Gasteiger partial charge in [0.1, 0.15) is 11.6 Å². The van der Waals surface area contributed by atoms with E-state index < -0.39 is 17.4 Å². The van der Waals surface area contributed by atoms with Gasteiger partial charge >= 0.3 is 11.8 Å². The van der Waals surface area contributed by atoms with E-state index in [9.17, 15) is 14.4 Å². The molecule has 29 heavy (non-hydrogen) atoms. The minimum atomic E-state index is -0.698. The van der Waals surface area contributed by atoms with Gasteiger partial charge < -0.3 is 19.4 Å². The maximum absolute atomic E-state index is 12.5. The van der Waals surface area contributed by atoms with Crippen LogP contribution in [0.5, 0.6) is 0 Å². The summed E-state index contributed by atoms with van der Waals surface area (Å²) in [5.41, 5.74) is 0.508. The quantitative estimate of drug-likeness (QED) is 0.717. The summed E-state index contributed by atoms with van der Waals surface area (Å²) in [5, 5.41) is 2.85. The summed E-state index contributed by atoms with van der Waals surface area (Å²) < 4.78 is 12.0. The summed E-state index contributed by atoms with van der Waals surface area (Å²) in [7, 11) is 0. The Kier molecular flexibility index (Phi) is 6.00. The smallest absolute Gasteiger partial charge is 0.420 e. The molecular weight excluding hydrogens is 374 g/mol. The van der Waals surface area contributed by atoms with Crippen LogP contribution in [0.1, 0.15) is 53.0 Å². The number of hydrogen-bond acceptors (Lipinski definition) is 5. The fourth-order valence-electron chi connectivity index (χ4n) is 3.21. The largest absolute Gasteiger partial charge is 0.444 e. The summed E-state index contributed by atoms with van der Waals surface area (Å²) in [6.45, 7) is 8.12. The van der Waals surface area contributed by atoms with E-state index in [0.29, 0.717) is 30.6 Å². The molecule has 2 amide bonds.